The van der Waals surface area contributed by atoms with Crippen LogP contribution in [-0.2, 0) is 0 Å². The second-order valence-corrected chi connectivity index (χ2v) is 4.88. The molecule has 0 spiro atoms. The first-order chi connectivity index (χ1) is 9.45. The van der Waals surface area contributed by atoms with E-state index in [4.69, 9.17) is 4.74 Å². The molecule has 0 atom stereocenters. The van der Waals surface area contributed by atoms with Crippen LogP contribution in [0, 0.1) is 0 Å². The number of allylic oxidation sites excluding steroid dienone is 4. The van der Waals surface area contributed by atoms with Crippen LogP contribution in [0.25, 0.3) is 0 Å². The van der Waals surface area contributed by atoms with Gasteiger partial charge in [-0.1, -0.05) is 11.6 Å². The lowest BCUT2D eigenvalue weighted by Gasteiger charge is -2.17. The van der Waals surface area contributed by atoms with Crippen LogP contribution in [0.1, 0.15) is 41.0 Å². The fraction of sp³-hybridized carbons (Fsp3) is 0.250. The number of aliphatic hydroxyl groups is 1. The molecule has 1 aliphatic rings. The van der Waals surface area contributed by atoms with Crippen LogP contribution in [0.3, 0.4) is 0 Å². The van der Waals surface area contributed by atoms with E-state index in [1.165, 1.54) is 13.2 Å². The molecule has 104 valence electrons. The van der Waals surface area contributed by atoms with Gasteiger partial charge in [-0.2, -0.15) is 0 Å². The number of hydrogen-bond acceptors (Lipinski definition) is 4. The summed E-state index contributed by atoms with van der Waals surface area (Å²) < 4.78 is 5.03. The molecule has 1 aromatic rings. The molecule has 4 heteroatoms. The molecular formula is C16H16O4. The van der Waals surface area contributed by atoms with Crippen molar-refractivity contribution in [3.05, 3.63) is 52.3 Å². The average Bonchev–Trinajstić information content (AvgIpc) is 2.44. The summed E-state index contributed by atoms with van der Waals surface area (Å²) in [6.45, 7) is 3.79. The van der Waals surface area contributed by atoms with E-state index < -0.39 is 11.5 Å². The van der Waals surface area contributed by atoms with Gasteiger partial charge in [-0.05, 0) is 38.5 Å². The lowest BCUT2D eigenvalue weighted by atomic mass is 9.86. The number of hydrogen-bond donors (Lipinski definition) is 1. The van der Waals surface area contributed by atoms with Crippen LogP contribution in [-0.4, -0.2) is 23.8 Å². The second-order valence-electron chi connectivity index (χ2n) is 4.88. The third kappa shape index (κ3) is 2.37. The van der Waals surface area contributed by atoms with Gasteiger partial charge in [0.2, 0.25) is 5.78 Å². The van der Waals surface area contributed by atoms with Gasteiger partial charge in [-0.15, -0.1) is 0 Å². The summed E-state index contributed by atoms with van der Waals surface area (Å²) in [6.07, 6.45) is 2.06. The minimum Gasteiger partial charge on any atom is -0.504 e. The molecule has 0 fully saturated rings. The van der Waals surface area contributed by atoms with Crippen LogP contribution < -0.4 is 4.74 Å². The summed E-state index contributed by atoms with van der Waals surface area (Å²) in [5.41, 5.74) is 1.67. The predicted molar refractivity (Wildman–Crippen MR) is 75.4 cm³/mol. The molecule has 0 saturated carbocycles. The Hall–Kier alpha value is -2.36. The van der Waals surface area contributed by atoms with E-state index >= 15 is 0 Å². The van der Waals surface area contributed by atoms with Crippen molar-refractivity contribution in [3.63, 3.8) is 0 Å². The Morgan fingerprint density at radius 2 is 1.90 bits per heavy atom. The number of rotatable bonds is 3. The van der Waals surface area contributed by atoms with Gasteiger partial charge in [0, 0.05) is 16.7 Å². The molecule has 0 heterocycles. The number of benzene rings is 1. The van der Waals surface area contributed by atoms with Crippen LogP contribution in [0.4, 0.5) is 0 Å². The summed E-state index contributed by atoms with van der Waals surface area (Å²) in [5, 5.41) is 9.97. The fourth-order valence-corrected chi connectivity index (χ4v) is 2.07. The maximum Gasteiger partial charge on any atom is 0.228 e. The van der Waals surface area contributed by atoms with E-state index in [1.54, 1.807) is 12.1 Å². The molecule has 1 aromatic carbocycles. The molecule has 0 aromatic heterocycles. The fourth-order valence-electron chi connectivity index (χ4n) is 2.07. The molecule has 4 nitrogen and oxygen atoms in total. The lowest BCUT2D eigenvalue weighted by Crippen LogP contribution is -2.22. The Kier molecular flexibility index (Phi) is 3.74. The van der Waals surface area contributed by atoms with Crippen molar-refractivity contribution in [2.24, 2.45) is 0 Å². The van der Waals surface area contributed by atoms with Crippen LogP contribution in [0.5, 0.6) is 5.75 Å². The maximum absolute atomic E-state index is 12.3. The molecule has 0 saturated heterocycles. The number of Topliss-reactive ketones (excluding diaryl/α,β-unsaturated/α-hetero) is 2. The molecule has 0 amide bonds. The molecular weight excluding hydrogens is 256 g/mol. The van der Waals surface area contributed by atoms with Crippen molar-refractivity contribution in [3.8, 4) is 5.75 Å². The van der Waals surface area contributed by atoms with Gasteiger partial charge in [-0.25, -0.2) is 0 Å². The molecule has 0 aliphatic heterocycles. The number of aliphatic hydroxyl groups excluding tert-OH is 1. The number of ketones is 2. The van der Waals surface area contributed by atoms with E-state index in [1.807, 2.05) is 19.9 Å². The average molecular weight is 272 g/mol. The van der Waals surface area contributed by atoms with Gasteiger partial charge in [0.25, 0.3) is 0 Å². The van der Waals surface area contributed by atoms with Crippen molar-refractivity contribution >= 4 is 11.6 Å². The van der Waals surface area contributed by atoms with Crippen molar-refractivity contribution in [2.75, 3.05) is 7.11 Å². The predicted octanol–water partition coefficient (Wildman–Crippen LogP) is 3.24. The highest BCUT2D eigenvalue weighted by Crippen LogP contribution is 2.29. The molecule has 20 heavy (non-hydrogen) atoms. The number of methoxy groups -OCH3 is 1. The van der Waals surface area contributed by atoms with E-state index in [0.717, 1.165) is 5.57 Å². The summed E-state index contributed by atoms with van der Waals surface area (Å²) in [6, 6.07) is 4.66. The summed E-state index contributed by atoms with van der Waals surface area (Å²) in [4.78, 5) is 24.5. The SMILES string of the molecule is COc1ccc2c(c1)C(=O)C(O)=C(CC=C(C)C)C2=O. The molecule has 1 aliphatic carbocycles. The van der Waals surface area contributed by atoms with Crippen molar-refractivity contribution < 1.29 is 19.4 Å². The summed E-state index contributed by atoms with van der Waals surface area (Å²) in [5.74, 6) is -0.827. The molecule has 2 rings (SSSR count). The number of carbonyl (C=O) groups excluding carboxylic acids is 2. The Balaban J connectivity index is 2.50. The van der Waals surface area contributed by atoms with Crippen LogP contribution >= 0.6 is 0 Å². The van der Waals surface area contributed by atoms with Gasteiger partial charge < -0.3 is 9.84 Å². The van der Waals surface area contributed by atoms with Crippen LogP contribution in [0.15, 0.2) is 41.2 Å². The summed E-state index contributed by atoms with van der Waals surface area (Å²) >= 11 is 0. The minimum atomic E-state index is -0.532. The third-order valence-electron chi connectivity index (χ3n) is 3.21. The zero-order chi connectivity index (χ0) is 14.9. The molecule has 0 bridgehead atoms. The number of carbonyl (C=O) groups is 2. The third-order valence-corrected chi connectivity index (χ3v) is 3.21. The first-order valence-corrected chi connectivity index (χ1v) is 6.28. The number of ether oxygens (including phenoxy) is 1. The highest BCUT2D eigenvalue weighted by atomic mass is 16.5. The second kappa shape index (κ2) is 5.33. The molecule has 0 radical (unpaired) electrons. The van der Waals surface area contributed by atoms with E-state index in [2.05, 4.69) is 0 Å². The Morgan fingerprint density at radius 3 is 2.50 bits per heavy atom. The molecule has 1 N–H and O–H groups in total. The zero-order valence-electron chi connectivity index (χ0n) is 11.7. The first-order valence-electron chi connectivity index (χ1n) is 6.28. The van der Waals surface area contributed by atoms with Crippen molar-refractivity contribution in [1.82, 2.24) is 0 Å². The normalized spacial score (nSPS) is 14.2. The van der Waals surface area contributed by atoms with Crippen LogP contribution in [0.2, 0.25) is 0 Å². The van der Waals surface area contributed by atoms with Gasteiger partial charge >= 0.3 is 0 Å². The van der Waals surface area contributed by atoms with Crippen molar-refractivity contribution in [2.45, 2.75) is 20.3 Å². The van der Waals surface area contributed by atoms with E-state index in [-0.39, 0.29) is 23.3 Å². The topological polar surface area (TPSA) is 63.6 Å². The number of fused-ring (bicyclic) bond motifs is 1. The van der Waals surface area contributed by atoms with Gasteiger partial charge in [0.1, 0.15) is 5.75 Å². The smallest absolute Gasteiger partial charge is 0.228 e. The van der Waals surface area contributed by atoms with E-state index in [0.29, 0.717) is 11.3 Å². The Labute approximate surface area is 117 Å². The minimum absolute atomic E-state index is 0.147. The van der Waals surface area contributed by atoms with Gasteiger partial charge in [-0.3, -0.25) is 9.59 Å². The van der Waals surface area contributed by atoms with Gasteiger partial charge in [0.05, 0.1) is 7.11 Å². The Bertz CT molecular complexity index is 646. The maximum atomic E-state index is 12.3. The first kappa shape index (κ1) is 14.1. The Morgan fingerprint density at radius 1 is 1.20 bits per heavy atom. The standard InChI is InChI=1S/C16H16O4/c1-9(2)4-6-12-14(17)11-7-5-10(20-3)8-13(11)16(19)15(12)18/h4-5,7-8,18H,6H2,1-3H3. The van der Waals surface area contributed by atoms with E-state index in [9.17, 15) is 14.7 Å². The lowest BCUT2D eigenvalue weighted by molar-refractivity contribution is 0.0927. The molecule has 0 unspecified atom stereocenters. The monoisotopic (exact) mass is 272 g/mol. The van der Waals surface area contributed by atoms with Gasteiger partial charge in [0.15, 0.2) is 11.5 Å². The highest BCUT2D eigenvalue weighted by Gasteiger charge is 2.31. The zero-order valence-corrected chi connectivity index (χ0v) is 11.7. The highest BCUT2D eigenvalue weighted by molar-refractivity contribution is 6.26. The quantitative estimate of drug-likeness (QED) is 0.858. The summed E-state index contributed by atoms with van der Waals surface area (Å²) in [7, 11) is 1.48. The van der Waals surface area contributed by atoms with Crippen molar-refractivity contribution in [1.29, 1.82) is 0 Å². The largest absolute Gasteiger partial charge is 0.504 e.